The summed E-state index contributed by atoms with van der Waals surface area (Å²) in [5.74, 6) is 0.435. The summed E-state index contributed by atoms with van der Waals surface area (Å²) in [5, 5.41) is 6.59. The van der Waals surface area contributed by atoms with Gasteiger partial charge in [-0.15, -0.1) is 0 Å². The van der Waals surface area contributed by atoms with Gasteiger partial charge in [-0.25, -0.2) is 17.7 Å². The number of hydrogen-bond donors (Lipinski definition) is 3. The van der Waals surface area contributed by atoms with E-state index in [2.05, 4.69) is 36.5 Å². The van der Waals surface area contributed by atoms with E-state index in [0.29, 0.717) is 47.0 Å². The molecule has 31 heavy (non-hydrogen) atoms. The number of aromatic nitrogens is 2. The number of carbonyl (C=O) groups is 1. The van der Waals surface area contributed by atoms with Crippen LogP contribution in [0.3, 0.4) is 0 Å². The summed E-state index contributed by atoms with van der Waals surface area (Å²) in [6.45, 7) is 2.83. The number of aryl methyl sites for hydroxylation is 1. The van der Waals surface area contributed by atoms with Crippen LogP contribution in [-0.2, 0) is 10.0 Å². The molecule has 1 spiro atoms. The third-order valence-electron chi connectivity index (χ3n) is 6.08. The number of halogens is 1. The lowest BCUT2D eigenvalue weighted by Crippen LogP contribution is -2.49. The number of carbonyl (C=O) groups excluding carboxylic acids is 1. The minimum Gasteiger partial charge on any atom is -0.366 e. The zero-order chi connectivity index (χ0) is 22.4. The van der Waals surface area contributed by atoms with Crippen molar-refractivity contribution in [2.45, 2.75) is 32.2 Å². The highest BCUT2D eigenvalue weighted by atomic mass is 79.9. The van der Waals surface area contributed by atoms with E-state index < -0.39 is 15.9 Å². The van der Waals surface area contributed by atoms with E-state index in [1.807, 2.05) is 19.1 Å². The normalized spacial score (nSPS) is 20.4. The molecule has 2 fully saturated rings. The summed E-state index contributed by atoms with van der Waals surface area (Å²) in [7, 11) is -3.19. The lowest BCUT2D eigenvalue weighted by Gasteiger charge is -2.38. The summed E-state index contributed by atoms with van der Waals surface area (Å²) in [5.41, 5.74) is 7.24. The average Bonchev–Trinajstić information content (AvgIpc) is 3.45. The summed E-state index contributed by atoms with van der Waals surface area (Å²) >= 11 is 3.45. The van der Waals surface area contributed by atoms with Gasteiger partial charge in [0.05, 0.1) is 22.0 Å². The van der Waals surface area contributed by atoms with Gasteiger partial charge in [0.15, 0.2) is 0 Å². The van der Waals surface area contributed by atoms with Gasteiger partial charge in [-0.3, -0.25) is 4.79 Å². The molecule has 1 saturated carbocycles. The minimum absolute atomic E-state index is 0.0684. The predicted molar refractivity (Wildman–Crippen MR) is 123 cm³/mol. The molecule has 1 saturated heterocycles. The van der Waals surface area contributed by atoms with E-state index in [0.717, 1.165) is 18.4 Å². The smallest absolute Gasteiger partial charge is 0.251 e. The Kier molecular flexibility index (Phi) is 5.69. The van der Waals surface area contributed by atoms with E-state index in [1.165, 1.54) is 6.26 Å². The molecule has 0 radical (unpaired) electrons. The second-order valence-corrected chi connectivity index (χ2v) is 11.2. The average molecular weight is 509 g/mol. The number of primary amides is 1. The molecule has 4 rings (SSSR count). The molecule has 2 aliphatic rings. The van der Waals surface area contributed by atoms with Crippen LogP contribution in [0.1, 0.15) is 35.2 Å². The highest BCUT2D eigenvalue weighted by Gasteiger charge is 2.54. The number of nitrogens with zero attached hydrogens (tertiary/aromatic N) is 3. The van der Waals surface area contributed by atoms with Crippen molar-refractivity contribution in [2.75, 3.05) is 30.0 Å². The number of anilines is 3. The van der Waals surface area contributed by atoms with Gasteiger partial charge in [0, 0.05) is 30.7 Å². The van der Waals surface area contributed by atoms with E-state index in [4.69, 9.17) is 5.73 Å². The Morgan fingerprint density at radius 3 is 2.74 bits per heavy atom. The van der Waals surface area contributed by atoms with Crippen molar-refractivity contribution < 1.29 is 13.2 Å². The zero-order valence-corrected chi connectivity index (χ0v) is 19.8. The summed E-state index contributed by atoms with van der Waals surface area (Å²) in [6, 6.07) is 5.53. The van der Waals surface area contributed by atoms with Gasteiger partial charge >= 0.3 is 0 Å². The fourth-order valence-corrected chi connectivity index (χ4v) is 5.42. The van der Waals surface area contributed by atoms with Crippen molar-refractivity contribution in [1.29, 1.82) is 0 Å². The molecule has 11 heteroatoms. The number of nitrogens with one attached hydrogen (secondary N) is 2. The van der Waals surface area contributed by atoms with Crippen LogP contribution in [0.15, 0.2) is 28.9 Å². The van der Waals surface area contributed by atoms with Gasteiger partial charge in [0.2, 0.25) is 16.0 Å². The van der Waals surface area contributed by atoms with Crippen molar-refractivity contribution in [1.82, 2.24) is 14.3 Å². The van der Waals surface area contributed by atoms with Crippen LogP contribution in [0, 0.1) is 12.3 Å². The van der Waals surface area contributed by atoms with Crippen LogP contribution in [0.25, 0.3) is 0 Å². The minimum atomic E-state index is -3.19. The Balaban J connectivity index is 1.55. The first-order chi connectivity index (χ1) is 14.6. The lowest BCUT2D eigenvalue weighted by molar-refractivity contribution is 0.100. The largest absolute Gasteiger partial charge is 0.366 e. The van der Waals surface area contributed by atoms with Crippen LogP contribution in [0.5, 0.6) is 0 Å². The molecule has 1 aliphatic heterocycles. The molecule has 1 aromatic heterocycles. The Bertz CT molecular complexity index is 1140. The standard InChI is InChI=1S/C20H25BrN6O3S/c1-12-4-3-5-14(16(12)17(22)28)24-18-13(21)10-23-19(26-18)25-15-6-9-27(31(2,29)30)11-20(15)7-8-20/h3-5,10,15H,6-9,11H2,1-2H3,(H2,22,28)(H2,23,24,25,26). The molecule has 9 nitrogen and oxygen atoms in total. The molecule has 1 atom stereocenters. The lowest BCUT2D eigenvalue weighted by atomic mass is 9.90. The molecule has 2 heterocycles. The van der Waals surface area contributed by atoms with E-state index in [9.17, 15) is 13.2 Å². The van der Waals surface area contributed by atoms with Crippen molar-refractivity contribution in [3.63, 3.8) is 0 Å². The molecule has 1 aromatic carbocycles. The van der Waals surface area contributed by atoms with Gasteiger partial charge in [0.25, 0.3) is 5.91 Å². The number of piperidine rings is 1. The quantitative estimate of drug-likeness (QED) is 0.546. The number of amides is 1. The molecule has 1 unspecified atom stereocenters. The predicted octanol–water partition coefficient (Wildman–Crippen LogP) is 2.62. The van der Waals surface area contributed by atoms with Crippen molar-refractivity contribution in [3.05, 3.63) is 40.0 Å². The number of rotatable bonds is 6. The van der Waals surface area contributed by atoms with Crippen LogP contribution >= 0.6 is 15.9 Å². The zero-order valence-electron chi connectivity index (χ0n) is 17.4. The van der Waals surface area contributed by atoms with Gasteiger partial charge < -0.3 is 16.4 Å². The van der Waals surface area contributed by atoms with E-state index in [1.54, 1.807) is 16.6 Å². The first kappa shape index (κ1) is 22.0. The maximum absolute atomic E-state index is 12.0. The summed E-state index contributed by atoms with van der Waals surface area (Å²) < 4.78 is 26.1. The third-order valence-corrected chi connectivity index (χ3v) is 7.91. The Labute approximate surface area is 190 Å². The van der Waals surface area contributed by atoms with Gasteiger partial charge in [0.1, 0.15) is 5.82 Å². The molecular formula is C20H25BrN6O3S. The monoisotopic (exact) mass is 508 g/mol. The number of sulfonamides is 1. The van der Waals surface area contributed by atoms with Crippen LogP contribution in [-0.4, -0.2) is 54.0 Å². The second-order valence-electron chi connectivity index (χ2n) is 8.32. The van der Waals surface area contributed by atoms with Gasteiger partial charge in [-0.1, -0.05) is 12.1 Å². The highest BCUT2D eigenvalue weighted by molar-refractivity contribution is 9.10. The number of nitrogens with two attached hydrogens (primary N) is 1. The topological polar surface area (TPSA) is 130 Å². The van der Waals surface area contributed by atoms with E-state index >= 15 is 0 Å². The maximum Gasteiger partial charge on any atom is 0.251 e. The summed E-state index contributed by atoms with van der Waals surface area (Å²) in [4.78, 5) is 20.9. The van der Waals surface area contributed by atoms with Gasteiger partial charge in [-0.05, 0) is 53.7 Å². The Morgan fingerprint density at radius 2 is 2.10 bits per heavy atom. The fourth-order valence-electron chi connectivity index (χ4n) is 4.20. The molecule has 2 aromatic rings. The molecule has 166 valence electrons. The van der Waals surface area contributed by atoms with Crippen LogP contribution < -0.4 is 16.4 Å². The number of benzene rings is 1. The third kappa shape index (κ3) is 4.53. The second kappa shape index (κ2) is 8.03. The van der Waals surface area contributed by atoms with E-state index in [-0.39, 0.29) is 11.5 Å². The first-order valence-electron chi connectivity index (χ1n) is 10.00. The molecule has 1 amide bonds. The van der Waals surface area contributed by atoms with Crippen LogP contribution in [0.4, 0.5) is 17.5 Å². The van der Waals surface area contributed by atoms with Crippen LogP contribution in [0.2, 0.25) is 0 Å². The molecular weight excluding hydrogens is 484 g/mol. The van der Waals surface area contributed by atoms with Gasteiger partial charge in [-0.2, -0.15) is 4.98 Å². The Morgan fingerprint density at radius 1 is 1.35 bits per heavy atom. The highest BCUT2D eigenvalue weighted by Crippen LogP contribution is 2.53. The molecule has 0 bridgehead atoms. The fraction of sp³-hybridized carbons (Fsp3) is 0.450. The molecule has 1 aliphatic carbocycles. The number of hydrogen-bond acceptors (Lipinski definition) is 7. The maximum atomic E-state index is 12.0. The van der Waals surface area contributed by atoms with Crippen molar-refractivity contribution >= 4 is 49.3 Å². The SMILES string of the molecule is Cc1cccc(Nc2nc(NC3CCN(S(C)(=O)=O)CC34CC4)ncc2Br)c1C(N)=O. The first-order valence-corrected chi connectivity index (χ1v) is 12.6. The summed E-state index contributed by atoms with van der Waals surface area (Å²) in [6.07, 6.45) is 5.55. The van der Waals surface area contributed by atoms with Crippen molar-refractivity contribution in [3.8, 4) is 0 Å². The Hall–Kier alpha value is -2.24. The van der Waals surface area contributed by atoms with Crippen molar-refractivity contribution in [2.24, 2.45) is 11.1 Å². The molecule has 4 N–H and O–H groups in total.